The molecule has 11 heteroatoms. The minimum Gasteiger partial charge on any atom is -0.484 e. The van der Waals surface area contributed by atoms with Crippen molar-refractivity contribution in [3.63, 3.8) is 0 Å². The summed E-state index contributed by atoms with van der Waals surface area (Å²) >= 11 is 4.62. The molecule has 0 aliphatic carbocycles. The number of ether oxygens (including phenoxy) is 1. The number of aromatic nitrogens is 2. The molecule has 0 radical (unpaired) electrons. The number of rotatable bonds is 5. The largest absolute Gasteiger partial charge is 0.484 e. The fourth-order valence-electron chi connectivity index (χ4n) is 3.74. The summed E-state index contributed by atoms with van der Waals surface area (Å²) in [7, 11) is 0. The van der Waals surface area contributed by atoms with Crippen LogP contribution in [0.15, 0.2) is 56.1 Å². The van der Waals surface area contributed by atoms with Crippen molar-refractivity contribution < 1.29 is 18.7 Å². The minimum atomic E-state index is -0.773. The lowest BCUT2D eigenvalue weighted by Crippen LogP contribution is -2.29. The fraction of sp³-hybridized carbons (Fsp3) is 0.136. The maximum Gasteiger partial charge on any atom is 0.297 e. The van der Waals surface area contributed by atoms with Crippen molar-refractivity contribution in [3.8, 4) is 5.75 Å². The zero-order chi connectivity index (χ0) is 23.3. The highest BCUT2D eigenvalue weighted by atomic mass is 79.9. The zero-order valence-corrected chi connectivity index (χ0v) is 19.5. The molecule has 0 fully saturated rings. The summed E-state index contributed by atoms with van der Waals surface area (Å²) in [5.74, 6) is -0.665. The molecule has 33 heavy (non-hydrogen) atoms. The molecule has 1 unspecified atom stereocenters. The molecule has 0 saturated heterocycles. The summed E-state index contributed by atoms with van der Waals surface area (Å²) in [6.45, 7) is 1.52. The number of benzene rings is 2. The number of nitrogens with zero attached hydrogens (tertiary/aromatic N) is 3. The van der Waals surface area contributed by atoms with E-state index in [0.29, 0.717) is 32.4 Å². The average Bonchev–Trinajstić information content (AvgIpc) is 3.34. The Balaban J connectivity index is 1.69. The maximum absolute atomic E-state index is 13.6. The van der Waals surface area contributed by atoms with Gasteiger partial charge in [-0.1, -0.05) is 39.4 Å². The SMILES string of the molecule is Cc1nnc(N2C(=O)c3oc4ccc(Br)cc4c(=O)c3C2c2ccc(OCC(N)=O)cc2)s1. The quantitative estimate of drug-likeness (QED) is 0.422. The number of hydrogen-bond acceptors (Lipinski definition) is 8. The molecule has 1 atom stereocenters. The number of aryl methyl sites for hydroxylation is 1. The molecule has 1 aliphatic heterocycles. The number of halogens is 1. The molecular formula is C22H15BrN4O5S. The lowest BCUT2D eigenvalue weighted by Gasteiger charge is -2.22. The highest BCUT2D eigenvalue weighted by Crippen LogP contribution is 2.42. The van der Waals surface area contributed by atoms with E-state index < -0.39 is 17.9 Å². The predicted octanol–water partition coefficient (Wildman–Crippen LogP) is 3.33. The van der Waals surface area contributed by atoms with E-state index in [0.717, 1.165) is 4.47 Å². The molecule has 0 spiro atoms. The van der Waals surface area contributed by atoms with Crippen molar-refractivity contribution in [2.24, 2.45) is 5.73 Å². The van der Waals surface area contributed by atoms with Gasteiger partial charge in [0, 0.05) is 4.47 Å². The van der Waals surface area contributed by atoms with Crippen LogP contribution in [0.2, 0.25) is 0 Å². The first kappa shape index (κ1) is 21.3. The molecule has 2 aromatic heterocycles. The van der Waals surface area contributed by atoms with Crippen LogP contribution >= 0.6 is 27.3 Å². The van der Waals surface area contributed by atoms with Gasteiger partial charge in [-0.3, -0.25) is 19.3 Å². The van der Waals surface area contributed by atoms with Crippen molar-refractivity contribution in [1.29, 1.82) is 0 Å². The molecule has 9 nitrogen and oxygen atoms in total. The van der Waals surface area contributed by atoms with Crippen molar-refractivity contribution in [1.82, 2.24) is 10.2 Å². The molecule has 0 bridgehead atoms. The maximum atomic E-state index is 13.6. The first-order chi connectivity index (χ1) is 15.8. The number of carbonyl (C=O) groups is 2. The summed E-state index contributed by atoms with van der Waals surface area (Å²) < 4.78 is 12.0. The molecular weight excluding hydrogens is 512 g/mol. The Kier molecular flexibility index (Phi) is 5.22. The van der Waals surface area contributed by atoms with E-state index in [1.54, 1.807) is 49.4 Å². The number of fused-ring (bicyclic) bond motifs is 2. The van der Waals surface area contributed by atoms with Crippen molar-refractivity contribution in [2.45, 2.75) is 13.0 Å². The van der Waals surface area contributed by atoms with E-state index in [-0.39, 0.29) is 23.4 Å². The summed E-state index contributed by atoms with van der Waals surface area (Å²) in [6.07, 6.45) is 0. The van der Waals surface area contributed by atoms with Gasteiger partial charge in [-0.15, -0.1) is 10.2 Å². The summed E-state index contributed by atoms with van der Waals surface area (Å²) in [5, 5.41) is 9.55. The van der Waals surface area contributed by atoms with Gasteiger partial charge in [-0.2, -0.15) is 0 Å². The van der Waals surface area contributed by atoms with Crippen LogP contribution in [0.3, 0.4) is 0 Å². The number of anilines is 1. The van der Waals surface area contributed by atoms with Crippen LogP contribution in [0.4, 0.5) is 5.13 Å². The third kappa shape index (κ3) is 3.68. The summed E-state index contributed by atoms with van der Waals surface area (Å²) in [4.78, 5) is 39.4. The Morgan fingerprint density at radius 3 is 2.64 bits per heavy atom. The molecule has 3 heterocycles. The van der Waals surface area contributed by atoms with E-state index in [9.17, 15) is 14.4 Å². The first-order valence-electron chi connectivity index (χ1n) is 9.74. The van der Waals surface area contributed by atoms with Crippen LogP contribution in [0, 0.1) is 6.92 Å². The van der Waals surface area contributed by atoms with Crippen LogP contribution in [0.1, 0.15) is 32.7 Å². The van der Waals surface area contributed by atoms with Gasteiger partial charge >= 0.3 is 0 Å². The molecule has 5 rings (SSSR count). The number of hydrogen-bond donors (Lipinski definition) is 1. The second-order valence-corrected chi connectivity index (χ2v) is 9.40. The summed E-state index contributed by atoms with van der Waals surface area (Å²) in [6, 6.07) is 11.0. The van der Waals surface area contributed by atoms with Crippen LogP contribution in [-0.4, -0.2) is 28.6 Å². The van der Waals surface area contributed by atoms with Gasteiger partial charge in [0.25, 0.3) is 11.8 Å². The zero-order valence-electron chi connectivity index (χ0n) is 17.1. The standard InChI is InChI=1S/C22H15BrN4O5S/c1-10-25-26-22(33-10)27-18(11-2-5-13(6-3-11)31-9-16(24)28)17-19(29)14-8-12(23)4-7-15(14)32-20(17)21(27)30/h2-8,18H,9H2,1H3,(H2,24,28). The Hall–Kier alpha value is -3.57. The third-order valence-electron chi connectivity index (χ3n) is 5.13. The molecule has 2 amide bonds. The lowest BCUT2D eigenvalue weighted by molar-refractivity contribution is -0.119. The van der Waals surface area contributed by atoms with Crippen LogP contribution in [-0.2, 0) is 4.79 Å². The topological polar surface area (TPSA) is 129 Å². The Morgan fingerprint density at radius 2 is 1.97 bits per heavy atom. The second kappa shape index (κ2) is 8.09. The van der Waals surface area contributed by atoms with Crippen LogP contribution in [0.25, 0.3) is 11.0 Å². The first-order valence-corrected chi connectivity index (χ1v) is 11.4. The van der Waals surface area contributed by atoms with Crippen molar-refractivity contribution >= 4 is 55.2 Å². The van der Waals surface area contributed by atoms with E-state index in [2.05, 4.69) is 26.1 Å². The van der Waals surface area contributed by atoms with Gasteiger partial charge in [0.2, 0.25) is 10.9 Å². The van der Waals surface area contributed by atoms with Gasteiger partial charge in [-0.05, 0) is 42.8 Å². The minimum absolute atomic E-state index is 0.0262. The van der Waals surface area contributed by atoms with E-state index in [1.165, 1.54) is 16.2 Å². The van der Waals surface area contributed by atoms with E-state index >= 15 is 0 Å². The van der Waals surface area contributed by atoms with E-state index in [4.69, 9.17) is 14.9 Å². The number of amides is 2. The Labute approximate surface area is 198 Å². The van der Waals surface area contributed by atoms with Gasteiger partial charge in [0.05, 0.1) is 17.0 Å². The molecule has 1 aliphatic rings. The smallest absolute Gasteiger partial charge is 0.297 e. The average molecular weight is 527 g/mol. The molecule has 0 saturated carbocycles. The Morgan fingerprint density at radius 1 is 1.21 bits per heavy atom. The van der Waals surface area contributed by atoms with E-state index in [1.807, 2.05) is 0 Å². The Bertz CT molecular complexity index is 1480. The van der Waals surface area contributed by atoms with Gasteiger partial charge in [0.1, 0.15) is 16.3 Å². The van der Waals surface area contributed by atoms with Crippen molar-refractivity contribution in [3.05, 3.63) is 79.1 Å². The van der Waals surface area contributed by atoms with Gasteiger partial charge in [-0.25, -0.2) is 0 Å². The molecule has 4 aromatic rings. The normalized spacial score (nSPS) is 15.2. The second-order valence-electron chi connectivity index (χ2n) is 7.32. The highest BCUT2D eigenvalue weighted by molar-refractivity contribution is 9.10. The molecule has 166 valence electrons. The highest BCUT2D eigenvalue weighted by Gasteiger charge is 2.45. The lowest BCUT2D eigenvalue weighted by atomic mass is 9.98. The van der Waals surface area contributed by atoms with Gasteiger partial charge < -0.3 is 14.9 Å². The van der Waals surface area contributed by atoms with Crippen LogP contribution in [0.5, 0.6) is 5.75 Å². The molecule has 2 aromatic carbocycles. The monoisotopic (exact) mass is 526 g/mol. The number of nitrogens with two attached hydrogens (primary N) is 1. The van der Waals surface area contributed by atoms with Gasteiger partial charge in [0.15, 0.2) is 12.0 Å². The van der Waals surface area contributed by atoms with Crippen molar-refractivity contribution in [2.75, 3.05) is 11.5 Å². The molecule has 2 N–H and O–H groups in total. The predicted molar refractivity (Wildman–Crippen MR) is 125 cm³/mol. The van der Waals surface area contributed by atoms with Crippen LogP contribution < -0.4 is 20.8 Å². The number of carbonyl (C=O) groups excluding carboxylic acids is 2. The summed E-state index contributed by atoms with van der Waals surface area (Å²) in [5.41, 5.74) is 6.01. The fourth-order valence-corrected chi connectivity index (χ4v) is 4.82. The number of primary amides is 1. The third-order valence-corrected chi connectivity index (χ3v) is 6.46.